The molecule has 0 aromatic carbocycles. The van der Waals surface area contributed by atoms with E-state index in [9.17, 15) is 4.79 Å². The quantitative estimate of drug-likeness (QED) is 0.423. The minimum atomic E-state index is -0.190. The average molecular weight is 350 g/mol. The van der Waals surface area contributed by atoms with E-state index in [4.69, 9.17) is 4.42 Å². The number of rotatable bonds is 8. The highest BCUT2D eigenvalue weighted by atomic mass is 16.3. The zero-order chi connectivity index (χ0) is 18.0. The molecule has 3 aromatic heterocycles. The van der Waals surface area contributed by atoms with E-state index >= 15 is 0 Å². The lowest BCUT2D eigenvalue weighted by Crippen LogP contribution is -2.27. The Morgan fingerprint density at radius 1 is 1.08 bits per heavy atom. The number of pyridine rings is 1. The molecule has 0 fully saturated rings. The first-order chi connectivity index (χ1) is 12.8. The fourth-order valence-electron chi connectivity index (χ4n) is 2.06. The van der Waals surface area contributed by atoms with Gasteiger partial charge in [0.05, 0.1) is 18.1 Å². The van der Waals surface area contributed by atoms with Crippen molar-refractivity contribution in [2.45, 2.75) is 0 Å². The SMILES string of the molecule is O=C(/C=C/c1ccco1)NCCNc1ccc(Nc2cccnc2)nn1. The standard InChI is InChI=1S/C18H18N6O2/c25-18(8-5-15-4-2-12-26-15)21-11-10-20-16-6-7-17(24-23-16)22-14-3-1-9-19-13-14/h1-9,12-13H,10-11H2,(H,20,23)(H,21,25)(H,22,24)/b8-5+. The van der Waals surface area contributed by atoms with Crippen LogP contribution in [0.1, 0.15) is 5.76 Å². The predicted molar refractivity (Wildman–Crippen MR) is 98.8 cm³/mol. The van der Waals surface area contributed by atoms with Gasteiger partial charge in [0.1, 0.15) is 11.6 Å². The van der Waals surface area contributed by atoms with Gasteiger partial charge >= 0.3 is 0 Å². The Balaban J connectivity index is 1.37. The molecule has 0 radical (unpaired) electrons. The van der Waals surface area contributed by atoms with Crippen LogP contribution in [-0.4, -0.2) is 34.2 Å². The molecule has 8 heteroatoms. The summed E-state index contributed by atoms with van der Waals surface area (Å²) in [4.78, 5) is 15.7. The minimum Gasteiger partial charge on any atom is -0.465 e. The van der Waals surface area contributed by atoms with E-state index in [1.165, 1.54) is 6.08 Å². The number of aromatic nitrogens is 3. The van der Waals surface area contributed by atoms with Crippen LogP contribution in [0.5, 0.6) is 0 Å². The third kappa shape index (κ3) is 5.45. The Hall–Kier alpha value is -3.68. The molecule has 3 N–H and O–H groups in total. The fourth-order valence-corrected chi connectivity index (χ4v) is 2.06. The molecule has 0 aliphatic heterocycles. The Bertz CT molecular complexity index is 832. The van der Waals surface area contributed by atoms with Gasteiger partial charge in [-0.25, -0.2) is 0 Å². The molecule has 0 unspecified atom stereocenters. The second kappa shape index (κ2) is 8.97. The molecule has 0 aliphatic carbocycles. The lowest BCUT2D eigenvalue weighted by atomic mass is 10.4. The van der Waals surface area contributed by atoms with Crippen LogP contribution in [0.15, 0.2) is 65.5 Å². The van der Waals surface area contributed by atoms with Gasteiger partial charge in [-0.2, -0.15) is 0 Å². The summed E-state index contributed by atoms with van der Waals surface area (Å²) in [6.45, 7) is 0.989. The van der Waals surface area contributed by atoms with E-state index in [-0.39, 0.29) is 5.91 Å². The summed E-state index contributed by atoms with van der Waals surface area (Å²) >= 11 is 0. The number of furan rings is 1. The zero-order valence-electron chi connectivity index (χ0n) is 13.9. The molecule has 0 spiro atoms. The summed E-state index contributed by atoms with van der Waals surface area (Å²) < 4.78 is 5.11. The number of hydrogen-bond acceptors (Lipinski definition) is 7. The third-order valence-corrected chi connectivity index (χ3v) is 3.27. The number of carbonyl (C=O) groups is 1. The average Bonchev–Trinajstić information content (AvgIpc) is 3.19. The molecule has 0 atom stereocenters. The van der Waals surface area contributed by atoms with E-state index in [0.29, 0.717) is 30.5 Å². The third-order valence-electron chi connectivity index (χ3n) is 3.27. The maximum atomic E-state index is 11.7. The lowest BCUT2D eigenvalue weighted by Gasteiger charge is -2.07. The smallest absolute Gasteiger partial charge is 0.244 e. The van der Waals surface area contributed by atoms with Crippen molar-refractivity contribution >= 4 is 29.3 Å². The second-order valence-electron chi connectivity index (χ2n) is 5.24. The van der Waals surface area contributed by atoms with Gasteiger partial charge in [0.15, 0.2) is 5.82 Å². The van der Waals surface area contributed by atoms with Gasteiger partial charge in [-0.1, -0.05) is 0 Å². The van der Waals surface area contributed by atoms with Gasteiger partial charge in [-0.3, -0.25) is 9.78 Å². The summed E-state index contributed by atoms with van der Waals surface area (Å²) in [5, 5.41) is 17.1. The molecule has 0 saturated heterocycles. The Morgan fingerprint density at radius 3 is 2.69 bits per heavy atom. The molecule has 0 saturated carbocycles. The first-order valence-corrected chi connectivity index (χ1v) is 8.04. The van der Waals surface area contributed by atoms with Crippen LogP contribution >= 0.6 is 0 Å². The molecular weight excluding hydrogens is 332 g/mol. The maximum Gasteiger partial charge on any atom is 0.244 e. The molecule has 0 aliphatic rings. The molecule has 132 valence electrons. The molecule has 26 heavy (non-hydrogen) atoms. The lowest BCUT2D eigenvalue weighted by molar-refractivity contribution is -0.116. The van der Waals surface area contributed by atoms with E-state index in [0.717, 1.165) is 5.69 Å². The van der Waals surface area contributed by atoms with E-state index in [2.05, 4.69) is 31.1 Å². The van der Waals surface area contributed by atoms with Gasteiger partial charge < -0.3 is 20.4 Å². The number of amides is 1. The van der Waals surface area contributed by atoms with Gasteiger partial charge in [-0.05, 0) is 42.5 Å². The molecule has 3 heterocycles. The first-order valence-electron chi connectivity index (χ1n) is 8.04. The Kier molecular flexibility index (Phi) is 5.92. The highest BCUT2D eigenvalue weighted by molar-refractivity contribution is 5.91. The number of anilines is 3. The summed E-state index contributed by atoms with van der Waals surface area (Å²) in [7, 11) is 0. The van der Waals surface area contributed by atoms with Crippen molar-refractivity contribution in [3.63, 3.8) is 0 Å². The van der Waals surface area contributed by atoms with Crippen molar-refractivity contribution in [2.24, 2.45) is 0 Å². The van der Waals surface area contributed by atoms with Crippen molar-refractivity contribution in [1.29, 1.82) is 0 Å². The minimum absolute atomic E-state index is 0.190. The molecule has 3 aromatic rings. The van der Waals surface area contributed by atoms with Crippen LogP contribution < -0.4 is 16.0 Å². The van der Waals surface area contributed by atoms with Crippen molar-refractivity contribution < 1.29 is 9.21 Å². The van der Waals surface area contributed by atoms with E-state index in [1.54, 1.807) is 36.9 Å². The summed E-state index contributed by atoms with van der Waals surface area (Å²) in [6, 6.07) is 10.9. The number of carbonyl (C=O) groups excluding carboxylic acids is 1. The number of nitrogens with one attached hydrogen (secondary N) is 3. The van der Waals surface area contributed by atoms with Crippen LogP contribution in [0.4, 0.5) is 17.3 Å². The summed E-state index contributed by atoms with van der Waals surface area (Å²) in [6.07, 6.45) is 8.01. The number of hydrogen-bond donors (Lipinski definition) is 3. The van der Waals surface area contributed by atoms with Gasteiger partial charge in [0.25, 0.3) is 0 Å². The van der Waals surface area contributed by atoms with E-state index < -0.39 is 0 Å². The number of nitrogens with zero attached hydrogens (tertiary/aromatic N) is 3. The second-order valence-corrected chi connectivity index (χ2v) is 5.24. The van der Waals surface area contributed by atoms with Crippen molar-refractivity contribution in [3.05, 3.63) is 66.9 Å². The highest BCUT2D eigenvalue weighted by Crippen LogP contribution is 2.12. The van der Waals surface area contributed by atoms with Crippen molar-refractivity contribution in [1.82, 2.24) is 20.5 Å². The van der Waals surface area contributed by atoms with Gasteiger partial charge in [0.2, 0.25) is 5.91 Å². The Morgan fingerprint density at radius 2 is 1.96 bits per heavy atom. The summed E-state index contributed by atoms with van der Waals surface area (Å²) in [5.74, 6) is 1.70. The van der Waals surface area contributed by atoms with Gasteiger partial charge in [0, 0.05) is 25.4 Å². The van der Waals surface area contributed by atoms with Crippen LogP contribution in [0.25, 0.3) is 6.08 Å². The largest absolute Gasteiger partial charge is 0.465 e. The molecule has 1 amide bonds. The highest BCUT2D eigenvalue weighted by Gasteiger charge is 2.00. The van der Waals surface area contributed by atoms with Crippen molar-refractivity contribution in [2.75, 3.05) is 23.7 Å². The fraction of sp³-hybridized carbons (Fsp3) is 0.111. The van der Waals surface area contributed by atoms with Crippen molar-refractivity contribution in [3.8, 4) is 0 Å². The van der Waals surface area contributed by atoms with E-state index in [1.807, 2.05) is 24.3 Å². The van der Waals surface area contributed by atoms with Crippen LogP contribution in [0.2, 0.25) is 0 Å². The summed E-state index contributed by atoms with van der Waals surface area (Å²) in [5.41, 5.74) is 0.841. The monoisotopic (exact) mass is 350 g/mol. The maximum absolute atomic E-state index is 11.7. The molecule has 3 rings (SSSR count). The Labute approximate surface area is 150 Å². The molecular formula is C18H18N6O2. The van der Waals surface area contributed by atoms with Crippen LogP contribution in [0.3, 0.4) is 0 Å². The first kappa shape index (κ1) is 17.2. The normalized spacial score (nSPS) is 10.6. The van der Waals surface area contributed by atoms with Gasteiger partial charge in [-0.15, -0.1) is 10.2 Å². The topological polar surface area (TPSA) is 105 Å². The molecule has 8 nitrogen and oxygen atoms in total. The predicted octanol–water partition coefficient (Wildman–Crippen LogP) is 2.45. The molecule has 0 bridgehead atoms. The van der Waals surface area contributed by atoms with Crippen LogP contribution in [-0.2, 0) is 4.79 Å². The zero-order valence-corrected chi connectivity index (χ0v) is 13.9. The van der Waals surface area contributed by atoms with Crippen LogP contribution in [0, 0.1) is 0 Å².